The van der Waals surface area contributed by atoms with Gasteiger partial charge in [0.05, 0.1) is 5.60 Å². The van der Waals surface area contributed by atoms with Gasteiger partial charge in [-0.2, -0.15) is 0 Å². The average molecular weight is 645 g/mol. The zero-order chi connectivity index (χ0) is 32.2. The van der Waals surface area contributed by atoms with E-state index in [9.17, 15) is 38.4 Å². The van der Waals surface area contributed by atoms with E-state index in [0.29, 0.717) is 42.4 Å². The van der Waals surface area contributed by atoms with Crippen LogP contribution in [0.2, 0.25) is 0 Å². The molecular formula is C28H40N2O11S2. The number of ether oxygens (including phenoxy) is 1. The van der Waals surface area contributed by atoms with Crippen molar-refractivity contribution in [3.05, 3.63) is 0 Å². The van der Waals surface area contributed by atoms with E-state index < -0.39 is 41.2 Å². The number of hydroxylamine groups is 4. The smallest absolute Gasteiger partial charge is 0.343 e. The van der Waals surface area contributed by atoms with Crippen LogP contribution in [0.3, 0.4) is 0 Å². The molecule has 0 aromatic rings. The van der Waals surface area contributed by atoms with Crippen LogP contribution in [0.1, 0.15) is 98.3 Å². The summed E-state index contributed by atoms with van der Waals surface area (Å²) < 4.78 is 6.08. The summed E-state index contributed by atoms with van der Waals surface area (Å²) in [6.45, 7) is 8.47. The van der Waals surface area contributed by atoms with E-state index >= 15 is 0 Å². The minimum absolute atomic E-state index is 0.00641. The van der Waals surface area contributed by atoms with Crippen molar-refractivity contribution in [1.29, 1.82) is 0 Å². The lowest BCUT2D eigenvalue weighted by atomic mass is 9.85. The van der Waals surface area contributed by atoms with Gasteiger partial charge in [0.2, 0.25) is 0 Å². The first-order valence-corrected chi connectivity index (χ1v) is 16.1. The highest BCUT2D eigenvalue weighted by atomic mass is 32.2. The van der Waals surface area contributed by atoms with Crippen molar-refractivity contribution < 1.29 is 52.8 Å². The molecular weight excluding hydrogens is 604 g/mol. The van der Waals surface area contributed by atoms with Crippen LogP contribution < -0.4 is 0 Å². The number of imide groups is 2. The van der Waals surface area contributed by atoms with E-state index in [2.05, 4.69) is 0 Å². The summed E-state index contributed by atoms with van der Waals surface area (Å²) in [5.41, 5.74) is -0.615. The molecule has 240 valence electrons. The number of carbonyl (C=O) groups excluding carboxylic acids is 8. The largest absolute Gasteiger partial charge is 0.376 e. The lowest BCUT2D eigenvalue weighted by Crippen LogP contribution is -2.32. The van der Waals surface area contributed by atoms with E-state index in [4.69, 9.17) is 14.4 Å². The van der Waals surface area contributed by atoms with Gasteiger partial charge in [0.1, 0.15) is 11.5 Å². The standard InChI is InChI=1S/C28H40N2O11S2/c1-27(2,14-12-26(38)43-18-24(36)41-30-21(33)10-11-22(30)34)15-16-39-28(3,4)13-6-5-7-25(37)42-17-23(35)40-29-19(31)8-9-20(29)32/h5-18H2,1-4H3. The first-order valence-electron chi connectivity index (χ1n) is 14.2. The molecule has 15 heteroatoms. The average Bonchev–Trinajstić information content (AvgIpc) is 3.42. The Morgan fingerprint density at radius 2 is 1.09 bits per heavy atom. The molecule has 0 bridgehead atoms. The van der Waals surface area contributed by atoms with Gasteiger partial charge in [0, 0.05) is 45.1 Å². The lowest BCUT2D eigenvalue weighted by molar-refractivity contribution is -0.195. The molecule has 43 heavy (non-hydrogen) atoms. The monoisotopic (exact) mass is 644 g/mol. The molecule has 0 aromatic heterocycles. The highest BCUT2D eigenvalue weighted by molar-refractivity contribution is 8.14. The van der Waals surface area contributed by atoms with Crippen LogP contribution in [-0.2, 0) is 52.8 Å². The van der Waals surface area contributed by atoms with Crippen LogP contribution >= 0.6 is 23.5 Å². The van der Waals surface area contributed by atoms with Gasteiger partial charge in [0.15, 0.2) is 10.2 Å². The first-order chi connectivity index (χ1) is 20.1. The maximum absolute atomic E-state index is 12.3. The Hall–Kier alpha value is -2.78. The molecule has 0 radical (unpaired) electrons. The number of carbonyl (C=O) groups is 8. The minimum atomic E-state index is -0.824. The maximum atomic E-state index is 12.3. The third-order valence-electron chi connectivity index (χ3n) is 6.79. The van der Waals surface area contributed by atoms with Crippen molar-refractivity contribution in [2.45, 2.75) is 104 Å². The van der Waals surface area contributed by atoms with Gasteiger partial charge in [-0.1, -0.05) is 43.8 Å². The molecule has 0 aromatic carbocycles. The lowest BCUT2D eigenvalue weighted by Gasteiger charge is -2.29. The van der Waals surface area contributed by atoms with Crippen molar-refractivity contribution in [1.82, 2.24) is 10.1 Å². The van der Waals surface area contributed by atoms with Gasteiger partial charge in [-0.3, -0.25) is 28.8 Å². The number of hydrogen-bond acceptors (Lipinski definition) is 13. The topological polar surface area (TPSA) is 171 Å². The number of rotatable bonds is 18. The molecule has 2 saturated heterocycles. The molecule has 13 nitrogen and oxygen atoms in total. The quantitative estimate of drug-likeness (QED) is 0.157. The zero-order valence-corrected chi connectivity index (χ0v) is 26.7. The Morgan fingerprint density at radius 3 is 1.56 bits per heavy atom. The molecule has 0 unspecified atom stereocenters. The van der Waals surface area contributed by atoms with Gasteiger partial charge in [0.25, 0.3) is 23.6 Å². The number of thioether (sulfide) groups is 2. The number of hydrogen-bond donors (Lipinski definition) is 0. The third-order valence-corrected chi connectivity index (χ3v) is 8.60. The van der Waals surface area contributed by atoms with E-state index in [-0.39, 0.29) is 65.7 Å². The second kappa shape index (κ2) is 16.9. The fourth-order valence-corrected chi connectivity index (χ4v) is 5.25. The Bertz CT molecular complexity index is 1070. The van der Waals surface area contributed by atoms with Crippen LogP contribution in [0, 0.1) is 5.41 Å². The molecule has 0 N–H and O–H groups in total. The molecule has 2 aliphatic rings. The highest BCUT2D eigenvalue weighted by Crippen LogP contribution is 2.30. The SMILES string of the molecule is CC(C)(CCOC(C)(C)CCCCC(=O)SCC(=O)ON1C(=O)CCC1=O)CCC(=O)SCC(=O)ON1C(=O)CCC1=O. The predicted molar refractivity (Wildman–Crippen MR) is 155 cm³/mol. The normalized spacial score (nSPS) is 15.8. The Balaban J connectivity index is 1.54. The summed E-state index contributed by atoms with van der Waals surface area (Å²) in [5, 5.41) is 0.554. The molecule has 2 fully saturated rings. The van der Waals surface area contributed by atoms with E-state index in [1.54, 1.807) is 0 Å². The van der Waals surface area contributed by atoms with Crippen molar-refractivity contribution in [3.63, 3.8) is 0 Å². The summed E-state index contributed by atoms with van der Waals surface area (Å²) in [6.07, 6.45) is 3.88. The van der Waals surface area contributed by atoms with Gasteiger partial charge in [-0.05, 0) is 44.9 Å². The van der Waals surface area contributed by atoms with Gasteiger partial charge < -0.3 is 14.4 Å². The van der Waals surface area contributed by atoms with Crippen molar-refractivity contribution in [2.24, 2.45) is 5.41 Å². The molecule has 0 saturated carbocycles. The number of nitrogens with zero attached hydrogens (tertiary/aromatic N) is 2. The van der Waals surface area contributed by atoms with E-state index in [1.165, 1.54) is 0 Å². The second-order valence-electron chi connectivity index (χ2n) is 11.6. The third kappa shape index (κ3) is 13.6. The number of amides is 4. The fourth-order valence-electron chi connectivity index (χ4n) is 4.06. The molecule has 0 atom stereocenters. The van der Waals surface area contributed by atoms with Crippen LogP contribution in [0.5, 0.6) is 0 Å². The van der Waals surface area contributed by atoms with E-state index in [1.807, 2.05) is 27.7 Å². The summed E-state index contributed by atoms with van der Waals surface area (Å²) in [4.78, 5) is 104. The Kier molecular flexibility index (Phi) is 14.3. The zero-order valence-electron chi connectivity index (χ0n) is 25.1. The Morgan fingerprint density at radius 1 is 0.651 bits per heavy atom. The second-order valence-corrected chi connectivity index (χ2v) is 13.7. The molecule has 0 aliphatic carbocycles. The van der Waals surface area contributed by atoms with Crippen LogP contribution in [-0.4, -0.2) is 79.6 Å². The molecule has 0 spiro atoms. The summed E-state index contributed by atoms with van der Waals surface area (Å²) in [6, 6.07) is 0. The predicted octanol–water partition coefficient (Wildman–Crippen LogP) is 3.27. The molecule has 2 rings (SSSR count). The minimum Gasteiger partial charge on any atom is -0.376 e. The van der Waals surface area contributed by atoms with Gasteiger partial charge in [-0.15, -0.1) is 10.1 Å². The van der Waals surface area contributed by atoms with Crippen molar-refractivity contribution in [2.75, 3.05) is 18.1 Å². The van der Waals surface area contributed by atoms with Gasteiger partial charge in [-0.25, -0.2) is 9.59 Å². The molecule has 2 heterocycles. The summed E-state index contributed by atoms with van der Waals surface area (Å²) >= 11 is 1.59. The summed E-state index contributed by atoms with van der Waals surface area (Å²) in [7, 11) is 0. The van der Waals surface area contributed by atoms with Crippen molar-refractivity contribution >= 4 is 69.3 Å². The van der Waals surface area contributed by atoms with Crippen molar-refractivity contribution in [3.8, 4) is 0 Å². The van der Waals surface area contributed by atoms with Gasteiger partial charge >= 0.3 is 11.9 Å². The van der Waals surface area contributed by atoms with Crippen LogP contribution in [0.4, 0.5) is 0 Å². The summed E-state index contributed by atoms with van der Waals surface area (Å²) in [5.74, 6) is -4.48. The number of unbranched alkanes of at least 4 members (excludes halogenated alkanes) is 1. The fraction of sp³-hybridized carbons (Fsp3) is 0.714. The van der Waals surface area contributed by atoms with Crippen LogP contribution in [0.15, 0.2) is 0 Å². The Labute approximate surface area is 259 Å². The maximum Gasteiger partial charge on any atom is 0.343 e. The first kappa shape index (κ1) is 36.4. The molecule has 4 amide bonds. The highest BCUT2D eigenvalue weighted by Gasteiger charge is 2.34. The van der Waals surface area contributed by atoms with Crippen LogP contribution in [0.25, 0.3) is 0 Å². The van der Waals surface area contributed by atoms with E-state index in [0.717, 1.165) is 29.9 Å². The molecule has 2 aliphatic heterocycles.